The molecule has 1 aliphatic carbocycles. The third-order valence-corrected chi connectivity index (χ3v) is 7.62. The number of carbonyl (C=O) groups excluding carboxylic acids is 1. The summed E-state index contributed by atoms with van der Waals surface area (Å²) in [6.07, 6.45) is 4.40. The fourth-order valence-corrected chi connectivity index (χ4v) is 5.43. The van der Waals surface area contributed by atoms with Crippen molar-refractivity contribution in [2.45, 2.75) is 42.7 Å². The molecule has 0 radical (unpaired) electrons. The average molecular weight is 415 g/mol. The molecular formula is C21H26N4O3S. The lowest BCUT2D eigenvalue weighted by molar-refractivity contribution is -0.118. The summed E-state index contributed by atoms with van der Waals surface area (Å²) in [6.45, 7) is 0. The summed E-state index contributed by atoms with van der Waals surface area (Å²) < 4.78 is 27.3. The predicted molar refractivity (Wildman–Crippen MR) is 113 cm³/mol. The molecule has 0 spiro atoms. The minimum atomic E-state index is -3.73. The first-order valence-corrected chi connectivity index (χ1v) is 11.4. The Kier molecular flexibility index (Phi) is 5.58. The first kappa shape index (κ1) is 19.9. The third kappa shape index (κ3) is 4.01. The highest BCUT2D eigenvalue weighted by Crippen LogP contribution is 2.31. The van der Waals surface area contributed by atoms with Gasteiger partial charge in [-0.1, -0.05) is 37.1 Å². The molecule has 0 bridgehead atoms. The van der Waals surface area contributed by atoms with Crippen LogP contribution in [-0.4, -0.2) is 33.5 Å². The monoisotopic (exact) mass is 414 g/mol. The predicted octanol–water partition coefficient (Wildman–Crippen LogP) is 2.49. The van der Waals surface area contributed by atoms with Gasteiger partial charge in [0.05, 0.1) is 10.6 Å². The van der Waals surface area contributed by atoms with E-state index >= 15 is 0 Å². The molecule has 1 aliphatic heterocycles. The number of sulfonamides is 1. The lowest BCUT2D eigenvalue weighted by Crippen LogP contribution is -2.42. The second-order valence-electron chi connectivity index (χ2n) is 7.65. The van der Waals surface area contributed by atoms with Gasteiger partial charge in [0.15, 0.2) is 0 Å². The van der Waals surface area contributed by atoms with Crippen molar-refractivity contribution in [2.75, 3.05) is 16.7 Å². The van der Waals surface area contributed by atoms with E-state index in [4.69, 9.17) is 0 Å². The van der Waals surface area contributed by atoms with Crippen LogP contribution in [0.3, 0.4) is 0 Å². The van der Waals surface area contributed by atoms with Gasteiger partial charge in [0, 0.05) is 24.7 Å². The van der Waals surface area contributed by atoms with Gasteiger partial charge >= 0.3 is 0 Å². The average Bonchev–Trinajstić information content (AvgIpc) is 3.18. The number of fused-ring (bicyclic) bond motifs is 1. The maximum atomic E-state index is 13.0. The summed E-state index contributed by atoms with van der Waals surface area (Å²) in [5.41, 5.74) is 7.39. The Balaban J connectivity index is 1.51. The Hall–Kier alpha value is -2.42. The molecule has 7 nitrogen and oxygen atoms in total. The van der Waals surface area contributed by atoms with E-state index in [0.29, 0.717) is 17.4 Å². The molecule has 2 aliphatic rings. The lowest BCUT2D eigenvalue weighted by atomic mass is 9.81. The number of benzene rings is 2. The molecule has 2 aromatic rings. The maximum Gasteiger partial charge on any atom is 0.264 e. The Bertz CT molecular complexity index is 980. The van der Waals surface area contributed by atoms with Crippen LogP contribution in [0.1, 0.15) is 25.7 Å². The van der Waals surface area contributed by atoms with Gasteiger partial charge in [-0.15, -0.1) is 0 Å². The van der Waals surface area contributed by atoms with Gasteiger partial charge in [-0.2, -0.15) is 0 Å². The Morgan fingerprint density at radius 1 is 1.03 bits per heavy atom. The van der Waals surface area contributed by atoms with Crippen molar-refractivity contribution < 1.29 is 13.2 Å². The zero-order chi connectivity index (χ0) is 20.4. The second kappa shape index (κ2) is 8.14. The van der Waals surface area contributed by atoms with E-state index in [9.17, 15) is 13.2 Å². The van der Waals surface area contributed by atoms with Crippen LogP contribution in [0.4, 0.5) is 11.4 Å². The minimum absolute atomic E-state index is 0.134. The zero-order valence-electron chi connectivity index (χ0n) is 16.3. The summed E-state index contributed by atoms with van der Waals surface area (Å²) in [7, 11) is -2.21. The molecule has 1 heterocycles. The number of amides is 1. The topological polar surface area (TPSA) is 90.5 Å². The highest BCUT2D eigenvalue weighted by Gasteiger charge is 2.41. The highest BCUT2D eigenvalue weighted by molar-refractivity contribution is 7.92. The third-order valence-electron chi connectivity index (χ3n) is 5.83. The van der Waals surface area contributed by atoms with Crippen molar-refractivity contribution >= 4 is 27.3 Å². The van der Waals surface area contributed by atoms with Gasteiger partial charge in [0.2, 0.25) is 5.91 Å². The van der Waals surface area contributed by atoms with E-state index < -0.39 is 10.0 Å². The van der Waals surface area contributed by atoms with Gasteiger partial charge in [-0.3, -0.25) is 14.5 Å². The number of hydrogen-bond donors (Lipinski definition) is 3. The highest BCUT2D eigenvalue weighted by atomic mass is 32.2. The number of para-hydroxylation sites is 1. The van der Waals surface area contributed by atoms with Crippen LogP contribution in [-0.2, 0) is 14.8 Å². The Labute approximate surface area is 171 Å². The smallest absolute Gasteiger partial charge is 0.264 e. The zero-order valence-corrected chi connectivity index (χ0v) is 17.2. The molecule has 3 N–H and O–H groups in total. The van der Waals surface area contributed by atoms with Crippen LogP contribution in [0.5, 0.6) is 0 Å². The van der Waals surface area contributed by atoms with Crippen molar-refractivity contribution in [3.05, 3.63) is 54.6 Å². The summed E-state index contributed by atoms with van der Waals surface area (Å²) in [6, 6.07) is 15.3. The van der Waals surface area contributed by atoms with Gasteiger partial charge < -0.3 is 5.32 Å². The van der Waals surface area contributed by atoms with E-state index in [1.54, 1.807) is 36.4 Å². The molecule has 0 aromatic heterocycles. The van der Waals surface area contributed by atoms with Gasteiger partial charge in [0.1, 0.15) is 6.04 Å². The maximum absolute atomic E-state index is 13.0. The lowest BCUT2D eigenvalue weighted by Gasteiger charge is -2.26. The standard InChI is InChI=1S/C21H26N4O3S/c1-25(16-9-3-2-4-10-16)29(27,28)17-11-7-8-15(14-17)22-21(26)20-18-12-5-6-13-19(18)23-24-20/h2-4,7-11,14,18-20,23-24H,5-6,12-13H2,1H3,(H,22,26). The van der Waals surface area contributed by atoms with Crippen LogP contribution in [0, 0.1) is 5.92 Å². The number of nitrogens with zero attached hydrogens (tertiary/aromatic N) is 1. The van der Waals surface area contributed by atoms with Crippen LogP contribution in [0.15, 0.2) is 59.5 Å². The molecule has 29 heavy (non-hydrogen) atoms. The molecule has 1 saturated heterocycles. The summed E-state index contributed by atoms with van der Waals surface area (Å²) >= 11 is 0. The molecular weight excluding hydrogens is 388 g/mol. The van der Waals surface area contributed by atoms with E-state index in [0.717, 1.165) is 19.3 Å². The molecule has 2 aromatic carbocycles. The summed E-state index contributed by atoms with van der Waals surface area (Å²) in [5, 5.41) is 2.88. The van der Waals surface area contributed by atoms with Crippen LogP contribution in [0.2, 0.25) is 0 Å². The number of rotatable bonds is 5. The van der Waals surface area contributed by atoms with Crippen molar-refractivity contribution in [2.24, 2.45) is 5.92 Å². The number of nitrogens with one attached hydrogen (secondary N) is 3. The number of hydrogen-bond acceptors (Lipinski definition) is 5. The molecule has 1 saturated carbocycles. The van der Waals surface area contributed by atoms with Gasteiger partial charge in [-0.05, 0) is 43.2 Å². The molecule has 8 heteroatoms. The fraction of sp³-hybridized carbons (Fsp3) is 0.381. The Morgan fingerprint density at radius 2 is 1.79 bits per heavy atom. The van der Waals surface area contributed by atoms with Crippen LogP contribution in [0.25, 0.3) is 0 Å². The molecule has 3 atom stereocenters. The summed E-state index contributed by atoms with van der Waals surface area (Å²) in [5.74, 6) is 0.123. The van der Waals surface area contributed by atoms with Crippen LogP contribution < -0.4 is 20.5 Å². The normalized spacial score (nSPS) is 24.0. The summed E-state index contributed by atoms with van der Waals surface area (Å²) in [4.78, 5) is 12.9. The van der Waals surface area contributed by atoms with E-state index in [1.165, 1.54) is 29.9 Å². The van der Waals surface area contributed by atoms with E-state index in [1.807, 2.05) is 6.07 Å². The minimum Gasteiger partial charge on any atom is -0.325 e. The largest absolute Gasteiger partial charge is 0.325 e. The first-order valence-electron chi connectivity index (χ1n) is 9.93. The molecule has 154 valence electrons. The Morgan fingerprint density at radius 3 is 2.59 bits per heavy atom. The van der Waals surface area contributed by atoms with Crippen molar-refractivity contribution in [1.29, 1.82) is 0 Å². The molecule has 4 rings (SSSR count). The SMILES string of the molecule is CN(c1ccccc1)S(=O)(=O)c1cccc(NC(=O)C2NNC3CCCCC32)c1. The van der Waals surface area contributed by atoms with E-state index in [2.05, 4.69) is 16.2 Å². The van der Waals surface area contributed by atoms with E-state index in [-0.39, 0.29) is 22.8 Å². The number of hydrazine groups is 1. The number of anilines is 2. The van der Waals surface area contributed by atoms with Gasteiger partial charge in [-0.25, -0.2) is 13.8 Å². The second-order valence-corrected chi connectivity index (χ2v) is 9.62. The first-order chi connectivity index (χ1) is 14.0. The molecule has 2 fully saturated rings. The van der Waals surface area contributed by atoms with Gasteiger partial charge in [0.25, 0.3) is 10.0 Å². The molecule has 3 unspecified atom stereocenters. The number of carbonyl (C=O) groups is 1. The van der Waals surface area contributed by atoms with Crippen molar-refractivity contribution in [3.8, 4) is 0 Å². The van der Waals surface area contributed by atoms with Crippen LogP contribution >= 0.6 is 0 Å². The van der Waals surface area contributed by atoms with Crippen molar-refractivity contribution in [1.82, 2.24) is 10.9 Å². The van der Waals surface area contributed by atoms with Crippen molar-refractivity contribution in [3.63, 3.8) is 0 Å². The quantitative estimate of drug-likeness (QED) is 0.699. The fourth-order valence-electron chi connectivity index (χ4n) is 4.19. The molecule has 1 amide bonds.